The molecule has 2 aliphatic rings. The number of likely N-dealkylation sites (tertiary alicyclic amines) is 1. The van der Waals surface area contributed by atoms with Gasteiger partial charge in [0.05, 0.1) is 114 Å². The lowest BCUT2D eigenvalue weighted by atomic mass is 10.1. The van der Waals surface area contributed by atoms with Gasteiger partial charge in [-0.25, -0.2) is 48.9 Å². The van der Waals surface area contributed by atoms with E-state index in [0.717, 1.165) is 91.5 Å². The van der Waals surface area contributed by atoms with Crippen molar-refractivity contribution in [1.82, 2.24) is 94.7 Å². The number of hydrogen-bond donors (Lipinski definition) is 4. The van der Waals surface area contributed by atoms with Crippen LogP contribution in [0.5, 0.6) is 0 Å². The van der Waals surface area contributed by atoms with Gasteiger partial charge < -0.3 is 36.3 Å². The molecule has 6 N–H and O–H groups in total. The standard InChI is InChI=1S/C26H24N8O2.C26H27N7O2.C23H22N8S.CO2/c1-2-17-5-3-6-18(11-17)22-12-23(30-26(27)29-22)24-16-34(32-31-24)15-21-8-4-7-20(28-21)14-33-10-9-19(13-33)25(35)36;1-5-19-8-6-9-20(14-19)23-15-24(30-26(29-23)27-12-13-34-3)25-17-33(32-31-25)16-21-10-7-11-22(28-21)18(2)35-4;1-2-16-7-6-8-17(11-16)19-12-20(27-22(24)26-19)21-15-31(29-28-21)14-18-13-25-23(32-18)30-9-4-3-5-10-30;2-1-3/h1,3-8,11-12,16,19H,9-10,13-15H2,(H,35,36)(H2,27,29,30);1,6-11,14-15,17-18H,12-13,16H2,2-4H3,(H,27,29,30);1,6-8,11-13,15H,3-5,9-10,14H2,(H2,24,26,27);. The average molecular weight is 1440 g/mol. The van der Waals surface area contributed by atoms with Gasteiger partial charge in [-0.3, -0.25) is 19.7 Å². The summed E-state index contributed by atoms with van der Waals surface area (Å²) in [5.41, 5.74) is 26.0. The fraction of sp³-hybridized carbons (Fsp3) is 0.250. The highest BCUT2D eigenvalue weighted by molar-refractivity contribution is 7.15. The Bertz CT molecular complexity index is 5180. The number of aromatic nitrogens is 18. The maximum Gasteiger partial charge on any atom is 0.373 e. The lowest BCUT2D eigenvalue weighted by molar-refractivity contribution is -0.191. The van der Waals surface area contributed by atoms with E-state index >= 15 is 0 Å². The van der Waals surface area contributed by atoms with E-state index in [2.05, 4.69) is 104 Å². The van der Waals surface area contributed by atoms with Crippen LogP contribution in [0.25, 0.3) is 67.9 Å². The molecule has 106 heavy (non-hydrogen) atoms. The number of thiazole rings is 1. The topological polar surface area (TPSA) is 369 Å². The van der Waals surface area contributed by atoms with Crippen LogP contribution in [0.1, 0.15) is 83.1 Å². The fourth-order valence-corrected chi connectivity index (χ4v) is 12.4. The zero-order valence-electron chi connectivity index (χ0n) is 58.2. The maximum absolute atomic E-state index is 11.2. The number of nitrogens with zero attached hydrogens (tertiary/aromatic N) is 20. The van der Waals surface area contributed by atoms with Crippen LogP contribution < -0.4 is 21.7 Å². The van der Waals surface area contributed by atoms with Crippen LogP contribution in [0.3, 0.4) is 0 Å². The normalized spacial score (nSPS) is 13.4. The summed E-state index contributed by atoms with van der Waals surface area (Å²) in [5, 5.41) is 39.2. The van der Waals surface area contributed by atoms with Gasteiger partial charge in [0.1, 0.15) is 17.1 Å². The summed E-state index contributed by atoms with van der Waals surface area (Å²) in [6.07, 6.45) is 28.7. The number of terminal acetylenes is 3. The Morgan fingerprint density at radius 3 is 1.55 bits per heavy atom. The second-order valence-electron chi connectivity index (χ2n) is 24.3. The van der Waals surface area contributed by atoms with E-state index in [1.165, 1.54) is 19.3 Å². The second-order valence-corrected chi connectivity index (χ2v) is 25.4. The van der Waals surface area contributed by atoms with Gasteiger partial charge in [-0.2, -0.15) is 9.59 Å². The van der Waals surface area contributed by atoms with Gasteiger partial charge in [-0.05, 0) is 118 Å². The first kappa shape index (κ1) is 74.1. The molecular formula is C76H73N23O6S. The zero-order chi connectivity index (χ0) is 74.3. The van der Waals surface area contributed by atoms with E-state index in [1.54, 1.807) is 51.9 Å². The van der Waals surface area contributed by atoms with Gasteiger partial charge in [-0.15, -0.1) is 34.6 Å². The monoisotopic (exact) mass is 1440 g/mol. The van der Waals surface area contributed by atoms with Gasteiger partial charge in [0.2, 0.25) is 17.8 Å². The maximum atomic E-state index is 11.2. The van der Waals surface area contributed by atoms with Crippen molar-refractivity contribution in [1.29, 1.82) is 0 Å². The lowest BCUT2D eigenvalue weighted by Crippen LogP contribution is -2.29. The van der Waals surface area contributed by atoms with E-state index < -0.39 is 5.97 Å². The Kier molecular flexibility index (Phi) is 25.2. The van der Waals surface area contributed by atoms with Crippen molar-refractivity contribution in [2.45, 2.75) is 64.9 Å². The number of ether oxygens (including phenoxy) is 2. The Labute approximate surface area is 614 Å². The number of carboxylic acid groups (broad SMARTS) is 1. The minimum absolute atomic E-state index is 0.0855. The van der Waals surface area contributed by atoms with Gasteiger partial charge in [0.15, 0.2) is 5.13 Å². The van der Waals surface area contributed by atoms with Crippen molar-refractivity contribution in [2.75, 3.05) is 75.2 Å². The molecule has 14 rings (SSSR count). The van der Waals surface area contributed by atoms with Crippen molar-refractivity contribution in [3.8, 4) is 105 Å². The first-order valence-corrected chi connectivity index (χ1v) is 34.4. The Hall–Kier alpha value is -13.1. The van der Waals surface area contributed by atoms with E-state index in [9.17, 15) is 9.90 Å². The molecule has 2 unspecified atom stereocenters. The molecule has 0 saturated carbocycles. The summed E-state index contributed by atoms with van der Waals surface area (Å²) < 4.78 is 15.7. The lowest BCUT2D eigenvalue weighted by Gasteiger charge is -2.25. The van der Waals surface area contributed by atoms with Crippen molar-refractivity contribution < 1.29 is 29.0 Å². The molecule has 12 aromatic rings. The SMILES string of the molecule is C#Cc1cccc(-c2cc(-c3cn(Cc4cccc(C(C)OC)n4)nn3)nc(NCCOC)n2)c1.C#Cc1cccc(-c2cc(-c3cn(Cc4cccc(CN5CCC(C(=O)O)C5)n4)nn3)nc(N)n2)c1.C#Cc1cccc(-c2cc(-c3cn(Cc4cnc(N5CCCCC5)s4)nn3)nc(N)n2)c1.O=C=O. The molecule has 9 aromatic heterocycles. The van der Waals surface area contributed by atoms with E-state index in [1.807, 2.05) is 147 Å². The number of anilines is 4. The summed E-state index contributed by atoms with van der Waals surface area (Å²) in [6, 6.07) is 40.0. The van der Waals surface area contributed by atoms with E-state index in [-0.39, 0.29) is 30.1 Å². The number of carboxylic acids is 1. The Morgan fingerprint density at radius 1 is 0.585 bits per heavy atom. The summed E-state index contributed by atoms with van der Waals surface area (Å²) in [7, 11) is 3.31. The number of nitrogens with two attached hydrogens (primary N) is 2. The number of rotatable bonds is 22. The molecule has 2 fully saturated rings. The number of nitrogens with one attached hydrogen (secondary N) is 1. The molecule has 30 heteroatoms. The van der Waals surface area contributed by atoms with E-state index in [4.69, 9.17) is 54.8 Å². The number of aliphatic carboxylic acids is 1. The quantitative estimate of drug-likeness (QED) is 0.0363. The first-order valence-electron chi connectivity index (χ1n) is 33.6. The van der Waals surface area contributed by atoms with Crippen molar-refractivity contribution in [3.05, 3.63) is 197 Å². The summed E-state index contributed by atoms with van der Waals surface area (Å²) in [5.74, 6) is 7.66. The van der Waals surface area contributed by atoms with Crippen LogP contribution in [0.2, 0.25) is 0 Å². The second kappa shape index (κ2) is 36.1. The van der Waals surface area contributed by atoms with Gasteiger partial charge in [-0.1, -0.05) is 93.3 Å². The predicted molar refractivity (Wildman–Crippen MR) is 398 cm³/mol. The highest BCUT2D eigenvalue weighted by Gasteiger charge is 2.28. The zero-order valence-corrected chi connectivity index (χ0v) is 59.0. The molecule has 2 aliphatic heterocycles. The van der Waals surface area contributed by atoms with Gasteiger partial charge in [0.25, 0.3) is 0 Å². The van der Waals surface area contributed by atoms with Gasteiger partial charge >= 0.3 is 12.1 Å². The van der Waals surface area contributed by atoms with Crippen LogP contribution in [0.4, 0.5) is 23.0 Å². The third kappa shape index (κ3) is 20.1. The minimum Gasteiger partial charge on any atom is -0.481 e. The van der Waals surface area contributed by atoms with Crippen LogP contribution in [0.15, 0.2) is 152 Å². The van der Waals surface area contributed by atoms with E-state index in [0.29, 0.717) is 104 Å². The Balaban J connectivity index is 0.000000156. The van der Waals surface area contributed by atoms with Crippen molar-refractivity contribution in [2.24, 2.45) is 5.92 Å². The molecule has 2 saturated heterocycles. The summed E-state index contributed by atoms with van der Waals surface area (Å²) in [4.78, 5) is 73.8. The fourth-order valence-electron chi connectivity index (χ4n) is 11.5. The predicted octanol–water partition coefficient (Wildman–Crippen LogP) is 8.79. The number of nitrogen functional groups attached to an aromatic ring is 2. The number of carbonyl (C=O) groups is 1. The largest absolute Gasteiger partial charge is 0.481 e. The first-order chi connectivity index (χ1) is 51.6. The molecule has 2 atom stereocenters. The Morgan fingerprint density at radius 2 is 1.05 bits per heavy atom. The molecule has 3 aromatic carbocycles. The highest BCUT2D eigenvalue weighted by Crippen LogP contribution is 2.30. The van der Waals surface area contributed by atoms with Gasteiger partial charge in [0, 0.05) is 91.4 Å². The smallest absolute Gasteiger partial charge is 0.373 e. The molecule has 11 heterocycles. The summed E-state index contributed by atoms with van der Waals surface area (Å²) >= 11 is 1.71. The number of methoxy groups -OCH3 is 2. The molecule has 0 spiro atoms. The minimum atomic E-state index is -0.736. The molecule has 0 amide bonds. The number of carbonyl (C=O) groups excluding carboxylic acids is 2. The molecule has 0 radical (unpaired) electrons. The molecular weight excluding hydrogens is 1360 g/mol. The van der Waals surface area contributed by atoms with Crippen molar-refractivity contribution in [3.63, 3.8) is 0 Å². The number of piperidine rings is 1. The number of benzene rings is 3. The molecule has 0 bridgehead atoms. The number of hydrogen-bond acceptors (Lipinski definition) is 26. The highest BCUT2D eigenvalue weighted by atomic mass is 32.1. The van der Waals surface area contributed by atoms with Crippen LogP contribution in [-0.4, -0.2) is 166 Å². The average Bonchev–Trinajstić information content (AvgIpc) is 1.49. The van der Waals surface area contributed by atoms with Crippen LogP contribution >= 0.6 is 11.3 Å². The molecule has 0 aliphatic carbocycles. The summed E-state index contributed by atoms with van der Waals surface area (Å²) in [6.45, 7) is 8.65. The third-order valence-corrected chi connectivity index (χ3v) is 17.8. The third-order valence-electron chi connectivity index (χ3n) is 16.8. The van der Waals surface area contributed by atoms with Crippen LogP contribution in [0, 0.1) is 42.9 Å². The number of pyridine rings is 2. The molecule has 29 nitrogen and oxygen atoms in total. The van der Waals surface area contributed by atoms with Crippen molar-refractivity contribution >= 4 is 46.4 Å². The molecule has 534 valence electrons. The van der Waals surface area contributed by atoms with Crippen LogP contribution in [-0.2, 0) is 50.0 Å².